The molecule has 226 valence electrons. The zero-order chi connectivity index (χ0) is 30.7. The summed E-state index contributed by atoms with van der Waals surface area (Å²) in [6, 6.07) is 12.7. The van der Waals surface area contributed by atoms with Gasteiger partial charge in [-0.1, -0.05) is 11.2 Å². The number of anilines is 1. The molecule has 2 heterocycles. The lowest BCUT2D eigenvalue weighted by Gasteiger charge is -2.25. The van der Waals surface area contributed by atoms with Crippen molar-refractivity contribution < 1.29 is 46.1 Å². The third-order valence-corrected chi connectivity index (χ3v) is 8.54. The molecule has 5 rings (SSSR count). The standard InChI is InChI=1S/C29H29N3O10S/c1-36-19-10-9-17(22(15-19)39-4)16-32(43(34,35)27-20(37-2)7-6-8-21(27)38-3)28-25-23(40-5)13-18(14-24(25)42-31-28)26(33)29-30-11-12-41-29/h6-15,26,33H,16H2,1-5H3. The Morgan fingerprint density at radius 3 is 2.19 bits per heavy atom. The smallest absolute Gasteiger partial charge is 0.273 e. The summed E-state index contributed by atoms with van der Waals surface area (Å²) < 4.78 is 68.5. The van der Waals surface area contributed by atoms with Crippen molar-refractivity contribution in [3.63, 3.8) is 0 Å². The van der Waals surface area contributed by atoms with Gasteiger partial charge in [0.1, 0.15) is 40.4 Å². The summed E-state index contributed by atoms with van der Waals surface area (Å²) >= 11 is 0. The van der Waals surface area contributed by atoms with Gasteiger partial charge >= 0.3 is 0 Å². The van der Waals surface area contributed by atoms with E-state index in [1.807, 2.05) is 0 Å². The van der Waals surface area contributed by atoms with Crippen molar-refractivity contribution >= 4 is 26.8 Å². The summed E-state index contributed by atoms with van der Waals surface area (Å²) in [6.45, 7) is -0.248. The Morgan fingerprint density at radius 2 is 1.58 bits per heavy atom. The summed E-state index contributed by atoms with van der Waals surface area (Å²) in [5, 5.41) is 15.2. The molecule has 2 aromatic heterocycles. The van der Waals surface area contributed by atoms with Crippen molar-refractivity contribution in [2.24, 2.45) is 0 Å². The van der Waals surface area contributed by atoms with Gasteiger partial charge in [0, 0.05) is 11.6 Å². The van der Waals surface area contributed by atoms with E-state index in [4.69, 9.17) is 32.6 Å². The van der Waals surface area contributed by atoms with Crippen LogP contribution in [0.5, 0.6) is 28.7 Å². The van der Waals surface area contributed by atoms with E-state index in [1.165, 1.54) is 72.3 Å². The molecule has 0 saturated heterocycles. The number of rotatable bonds is 12. The SMILES string of the molecule is COc1ccc(CN(c2noc3cc(C(O)c4ncco4)cc(OC)c23)S(=O)(=O)c2c(OC)cccc2OC)c(OC)c1. The Morgan fingerprint density at radius 1 is 0.884 bits per heavy atom. The van der Waals surface area contributed by atoms with Gasteiger partial charge in [-0.15, -0.1) is 0 Å². The summed E-state index contributed by atoms with van der Waals surface area (Å²) in [4.78, 5) is 3.78. The van der Waals surface area contributed by atoms with Crippen LogP contribution >= 0.6 is 0 Å². The number of fused-ring (bicyclic) bond motifs is 1. The molecule has 43 heavy (non-hydrogen) atoms. The molecule has 0 fully saturated rings. The highest BCUT2D eigenvalue weighted by Gasteiger charge is 2.36. The number of benzene rings is 3. The fraction of sp³-hybridized carbons (Fsp3) is 0.241. The third kappa shape index (κ3) is 5.37. The van der Waals surface area contributed by atoms with Crippen LogP contribution in [0.3, 0.4) is 0 Å². The number of methoxy groups -OCH3 is 5. The number of hydrogen-bond acceptors (Lipinski definition) is 12. The van der Waals surface area contributed by atoms with Crippen molar-refractivity contribution in [2.45, 2.75) is 17.5 Å². The minimum absolute atomic E-state index is 0.0558. The van der Waals surface area contributed by atoms with Crippen molar-refractivity contribution in [1.29, 1.82) is 0 Å². The van der Waals surface area contributed by atoms with Crippen LogP contribution in [0.4, 0.5) is 5.82 Å². The molecule has 0 aliphatic rings. The Bertz CT molecular complexity index is 1810. The number of hydrogen-bond donors (Lipinski definition) is 1. The van der Waals surface area contributed by atoms with Crippen LogP contribution in [0.15, 0.2) is 74.8 Å². The molecule has 0 aliphatic carbocycles. The molecular weight excluding hydrogens is 582 g/mol. The molecule has 0 spiro atoms. The molecule has 1 unspecified atom stereocenters. The molecule has 0 aliphatic heterocycles. The lowest BCUT2D eigenvalue weighted by atomic mass is 10.1. The molecular formula is C29H29N3O10S. The van der Waals surface area contributed by atoms with Gasteiger partial charge in [-0.25, -0.2) is 17.7 Å². The average Bonchev–Trinajstić information content (AvgIpc) is 3.73. The van der Waals surface area contributed by atoms with E-state index in [9.17, 15) is 13.5 Å². The predicted octanol–water partition coefficient (Wildman–Crippen LogP) is 4.34. The number of aliphatic hydroxyl groups is 1. The topological polar surface area (TPSA) is 156 Å². The predicted molar refractivity (Wildman–Crippen MR) is 154 cm³/mol. The first kappa shape index (κ1) is 29.5. The second-order valence-corrected chi connectivity index (χ2v) is 10.9. The van der Waals surface area contributed by atoms with E-state index in [0.717, 1.165) is 4.31 Å². The van der Waals surface area contributed by atoms with E-state index in [2.05, 4.69) is 10.1 Å². The first-order chi connectivity index (χ1) is 20.8. The quantitative estimate of drug-likeness (QED) is 0.213. The molecule has 3 aromatic carbocycles. The second-order valence-electron chi connectivity index (χ2n) is 9.06. The summed E-state index contributed by atoms with van der Waals surface area (Å²) in [7, 11) is 2.63. The lowest BCUT2D eigenvalue weighted by molar-refractivity contribution is 0.182. The fourth-order valence-corrected chi connectivity index (χ4v) is 6.33. The van der Waals surface area contributed by atoms with Gasteiger partial charge in [-0.05, 0) is 42.0 Å². The first-order valence-electron chi connectivity index (χ1n) is 12.8. The second kappa shape index (κ2) is 12.1. The molecule has 14 heteroatoms. The van der Waals surface area contributed by atoms with Gasteiger partial charge in [0.15, 0.2) is 22.4 Å². The van der Waals surface area contributed by atoms with Crippen LogP contribution in [0.1, 0.15) is 23.1 Å². The van der Waals surface area contributed by atoms with Gasteiger partial charge in [0.25, 0.3) is 10.0 Å². The van der Waals surface area contributed by atoms with E-state index < -0.39 is 16.1 Å². The molecule has 0 bridgehead atoms. The number of sulfonamides is 1. The zero-order valence-corrected chi connectivity index (χ0v) is 24.7. The summed E-state index contributed by atoms with van der Waals surface area (Å²) in [6.07, 6.45) is 1.50. The molecule has 5 aromatic rings. The maximum Gasteiger partial charge on any atom is 0.273 e. The third-order valence-electron chi connectivity index (χ3n) is 6.74. The van der Waals surface area contributed by atoms with Crippen molar-refractivity contribution in [1.82, 2.24) is 10.1 Å². The molecule has 0 amide bonds. The van der Waals surface area contributed by atoms with E-state index in [-0.39, 0.29) is 51.4 Å². The monoisotopic (exact) mass is 611 g/mol. The maximum absolute atomic E-state index is 14.6. The average molecular weight is 612 g/mol. The molecule has 1 atom stereocenters. The molecule has 1 N–H and O–H groups in total. The Kier molecular flexibility index (Phi) is 8.32. The molecule has 0 radical (unpaired) electrons. The zero-order valence-electron chi connectivity index (χ0n) is 23.9. The number of ether oxygens (including phenoxy) is 5. The van der Waals surface area contributed by atoms with Gasteiger partial charge < -0.3 is 37.7 Å². The van der Waals surface area contributed by atoms with Crippen LogP contribution in [0, 0.1) is 0 Å². The van der Waals surface area contributed by atoms with E-state index >= 15 is 0 Å². The van der Waals surface area contributed by atoms with Crippen molar-refractivity contribution in [3.8, 4) is 28.7 Å². The van der Waals surface area contributed by atoms with Crippen LogP contribution in [0.2, 0.25) is 0 Å². The van der Waals surface area contributed by atoms with Crippen LogP contribution < -0.4 is 28.0 Å². The minimum Gasteiger partial charge on any atom is -0.497 e. The Hall–Kier alpha value is -4.95. The highest BCUT2D eigenvalue weighted by Crippen LogP contribution is 2.43. The summed E-state index contributed by atoms with van der Waals surface area (Å²) in [5.41, 5.74) is 0.961. The fourth-order valence-electron chi connectivity index (χ4n) is 4.63. The Labute approximate surface area is 247 Å². The van der Waals surface area contributed by atoms with E-state index in [1.54, 1.807) is 24.3 Å². The first-order valence-corrected chi connectivity index (χ1v) is 14.2. The number of nitrogens with zero attached hydrogens (tertiary/aromatic N) is 3. The van der Waals surface area contributed by atoms with Crippen LogP contribution in [-0.2, 0) is 16.6 Å². The highest BCUT2D eigenvalue weighted by molar-refractivity contribution is 7.93. The van der Waals surface area contributed by atoms with Gasteiger partial charge in [-0.3, -0.25) is 0 Å². The van der Waals surface area contributed by atoms with Crippen molar-refractivity contribution in [2.75, 3.05) is 39.9 Å². The number of oxazole rings is 1. The van der Waals surface area contributed by atoms with Crippen molar-refractivity contribution in [3.05, 3.63) is 78.0 Å². The number of aliphatic hydroxyl groups excluding tert-OH is 1. The Balaban J connectivity index is 1.74. The van der Waals surface area contributed by atoms with Crippen LogP contribution in [0.25, 0.3) is 11.0 Å². The minimum atomic E-state index is -4.48. The largest absolute Gasteiger partial charge is 0.497 e. The van der Waals surface area contributed by atoms with Gasteiger partial charge in [0.05, 0.1) is 48.3 Å². The van der Waals surface area contributed by atoms with E-state index in [0.29, 0.717) is 22.6 Å². The van der Waals surface area contributed by atoms with Gasteiger partial charge in [0.2, 0.25) is 5.89 Å². The van der Waals surface area contributed by atoms with Gasteiger partial charge in [-0.2, -0.15) is 0 Å². The number of aromatic nitrogens is 2. The highest BCUT2D eigenvalue weighted by atomic mass is 32.2. The maximum atomic E-state index is 14.6. The lowest BCUT2D eigenvalue weighted by Crippen LogP contribution is -2.32. The van der Waals surface area contributed by atoms with Crippen LogP contribution in [-0.4, -0.2) is 59.2 Å². The normalized spacial score (nSPS) is 12.1. The molecule has 13 nitrogen and oxygen atoms in total. The summed E-state index contributed by atoms with van der Waals surface area (Å²) in [5.74, 6) is 1.16. The molecule has 0 saturated carbocycles.